The maximum absolute atomic E-state index is 13.0. The van der Waals surface area contributed by atoms with E-state index in [1.54, 1.807) is 23.6 Å². The number of carboxylic acids is 1. The van der Waals surface area contributed by atoms with Crippen molar-refractivity contribution in [3.8, 4) is 0 Å². The van der Waals surface area contributed by atoms with E-state index in [4.69, 9.17) is 0 Å². The molecule has 2 N–H and O–H groups in total. The van der Waals surface area contributed by atoms with Gasteiger partial charge in [0.05, 0.1) is 22.3 Å². The number of anilines is 2. The number of aromatic carboxylic acids is 1. The molecule has 2 aromatic heterocycles. The van der Waals surface area contributed by atoms with Crippen LogP contribution in [-0.4, -0.2) is 25.4 Å². The SMILES string of the molecule is Cc1cn2c(Nc3cccc(C(F)(F)F)c3)nc3cc(C(=O)O)ccc3c2n1. The predicted molar refractivity (Wildman–Crippen MR) is 96.9 cm³/mol. The molecular formula is C19H13F3N4O2. The zero-order valence-electron chi connectivity index (χ0n) is 14.4. The molecule has 0 amide bonds. The van der Waals surface area contributed by atoms with E-state index in [1.165, 1.54) is 24.3 Å². The van der Waals surface area contributed by atoms with Gasteiger partial charge in [0.15, 0.2) is 0 Å². The van der Waals surface area contributed by atoms with E-state index < -0.39 is 17.7 Å². The highest BCUT2D eigenvalue weighted by Gasteiger charge is 2.30. The average molecular weight is 386 g/mol. The summed E-state index contributed by atoms with van der Waals surface area (Å²) < 4.78 is 40.6. The van der Waals surface area contributed by atoms with Crippen LogP contribution in [0.1, 0.15) is 21.6 Å². The molecule has 9 heteroatoms. The Balaban J connectivity index is 1.89. The van der Waals surface area contributed by atoms with Crippen LogP contribution >= 0.6 is 0 Å². The van der Waals surface area contributed by atoms with Crippen LogP contribution in [0.5, 0.6) is 0 Å². The molecule has 0 aliphatic rings. The fourth-order valence-corrected chi connectivity index (χ4v) is 2.95. The van der Waals surface area contributed by atoms with Gasteiger partial charge in [0.25, 0.3) is 0 Å². The molecule has 142 valence electrons. The van der Waals surface area contributed by atoms with Crippen molar-refractivity contribution < 1.29 is 23.1 Å². The molecule has 0 fully saturated rings. The van der Waals surface area contributed by atoms with E-state index in [1.807, 2.05) is 0 Å². The van der Waals surface area contributed by atoms with Crippen LogP contribution in [0.15, 0.2) is 48.7 Å². The van der Waals surface area contributed by atoms with Crippen molar-refractivity contribution in [3.05, 3.63) is 65.5 Å². The van der Waals surface area contributed by atoms with E-state index >= 15 is 0 Å². The minimum Gasteiger partial charge on any atom is -0.478 e. The van der Waals surface area contributed by atoms with Gasteiger partial charge in [-0.25, -0.2) is 14.8 Å². The maximum atomic E-state index is 13.0. The zero-order chi connectivity index (χ0) is 20.1. The topological polar surface area (TPSA) is 79.5 Å². The predicted octanol–water partition coefficient (Wildman–Crippen LogP) is 4.65. The summed E-state index contributed by atoms with van der Waals surface area (Å²) in [7, 11) is 0. The van der Waals surface area contributed by atoms with Gasteiger partial charge >= 0.3 is 12.1 Å². The first-order valence-electron chi connectivity index (χ1n) is 8.19. The third-order valence-corrected chi connectivity index (χ3v) is 4.21. The molecule has 0 aliphatic heterocycles. The summed E-state index contributed by atoms with van der Waals surface area (Å²) in [6.07, 6.45) is -2.77. The first-order chi connectivity index (χ1) is 13.2. The van der Waals surface area contributed by atoms with Gasteiger partial charge in [-0.3, -0.25) is 4.40 Å². The molecule has 6 nitrogen and oxygen atoms in total. The van der Waals surface area contributed by atoms with Crippen LogP contribution in [0.4, 0.5) is 24.8 Å². The van der Waals surface area contributed by atoms with E-state index in [2.05, 4.69) is 15.3 Å². The number of halogens is 3. The first kappa shape index (κ1) is 17.8. The standard InChI is InChI=1S/C19H13F3N4O2/c1-10-9-26-16(23-10)14-6-5-11(17(27)28)7-15(14)25-18(26)24-13-4-2-3-12(8-13)19(20,21)22/h2-9H,1H3,(H,24,25)(H,27,28). The molecule has 0 bridgehead atoms. The molecule has 0 aliphatic carbocycles. The molecule has 0 unspecified atom stereocenters. The Bertz CT molecular complexity index is 1230. The Labute approximate surface area is 156 Å². The maximum Gasteiger partial charge on any atom is 0.416 e. The molecule has 0 atom stereocenters. The van der Waals surface area contributed by atoms with Crippen molar-refractivity contribution in [3.63, 3.8) is 0 Å². The minimum atomic E-state index is -4.47. The third kappa shape index (κ3) is 3.11. The van der Waals surface area contributed by atoms with E-state index in [9.17, 15) is 23.1 Å². The number of imidazole rings is 1. The van der Waals surface area contributed by atoms with E-state index in [0.717, 1.165) is 12.1 Å². The monoisotopic (exact) mass is 386 g/mol. The van der Waals surface area contributed by atoms with Gasteiger partial charge in [-0.1, -0.05) is 6.07 Å². The number of aryl methyl sites for hydroxylation is 1. The summed E-state index contributed by atoms with van der Waals surface area (Å²) in [4.78, 5) is 20.1. The highest BCUT2D eigenvalue weighted by atomic mass is 19.4. The summed E-state index contributed by atoms with van der Waals surface area (Å²) in [6, 6.07) is 9.22. The van der Waals surface area contributed by atoms with Crippen LogP contribution < -0.4 is 5.32 Å². The second-order valence-corrected chi connectivity index (χ2v) is 6.25. The number of carboxylic acid groups (broad SMARTS) is 1. The van der Waals surface area contributed by atoms with Gasteiger partial charge in [0.1, 0.15) is 5.65 Å². The third-order valence-electron chi connectivity index (χ3n) is 4.21. The molecule has 0 spiro atoms. The molecule has 28 heavy (non-hydrogen) atoms. The molecule has 0 saturated heterocycles. The second kappa shape index (κ2) is 6.22. The van der Waals surface area contributed by atoms with Crippen LogP contribution in [0, 0.1) is 6.92 Å². The minimum absolute atomic E-state index is 0.0534. The fourth-order valence-electron chi connectivity index (χ4n) is 2.95. The van der Waals surface area contributed by atoms with Crippen LogP contribution in [0.2, 0.25) is 0 Å². The number of aromatic nitrogens is 3. The highest BCUT2D eigenvalue weighted by molar-refractivity contribution is 5.98. The van der Waals surface area contributed by atoms with Gasteiger partial charge in [0.2, 0.25) is 5.95 Å². The smallest absolute Gasteiger partial charge is 0.416 e. The number of rotatable bonds is 3. The molecule has 2 aromatic carbocycles. The summed E-state index contributed by atoms with van der Waals surface area (Å²) >= 11 is 0. The lowest BCUT2D eigenvalue weighted by Crippen LogP contribution is -2.07. The van der Waals surface area contributed by atoms with Crippen molar-refractivity contribution in [2.45, 2.75) is 13.1 Å². The lowest BCUT2D eigenvalue weighted by molar-refractivity contribution is -0.137. The summed E-state index contributed by atoms with van der Waals surface area (Å²) in [5.74, 6) is -0.875. The van der Waals surface area contributed by atoms with Crippen LogP contribution in [0.25, 0.3) is 16.6 Å². The lowest BCUT2D eigenvalue weighted by Gasteiger charge is -2.12. The number of fused-ring (bicyclic) bond motifs is 3. The largest absolute Gasteiger partial charge is 0.478 e. The highest BCUT2D eigenvalue weighted by Crippen LogP contribution is 2.32. The summed E-state index contributed by atoms with van der Waals surface area (Å²) in [5, 5.41) is 12.7. The number of nitrogens with one attached hydrogen (secondary N) is 1. The normalized spacial score (nSPS) is 11.9. The summed E-state index contributed by atoms with van der Waals surface area (Å²) in [5.41, 5.74) is 1.04. The Morgan fingerprint density at radius 1 is 1.14 bits per heavy atom. The molecule has 4 aromatic rings. The number of hydrogen-bond donors (Lipinski definition) is 2. The van der Waals surface area contributed by atoms with Crippen molar-refractivity contribution in [2.24, 2.45) is 0 Å². The van der Waals surface area contributed by atoms with E-state index in [0.29, 0.717) is 22.2 Å². The number of hydrogen-bond acceptors (Lipinski definition) is 4. The summed E-state index contributed by atoms with van der Waals surface area (Å²) in [6.45, 7) is 1.78. The molecule has 2 heterocycles. The van der Waals surface area contributed by atoms with Crippen molar-refractivity contribution in [1.29, 1.82) is 0 Å². The number of nitrogens with zero attached hydrogens (tertiary/aromatic N) is 3. The van der Waals surface area contributed by atoms with Crippen molar-refractivity contribution >= 4 is 34.2 Å². The zero-order valence-corrected chi connectivity index (χ0v) is 14.4. The van der Waals surface area contributed by atoms with Crippen LogP contribution in [-0.2, 0) is 6.18 Å². The Morgan fingerprint density at radius 3 is 2.64 bits per heavy atom. The lowest BCUT2D eigenvalue weighted by atomic mass is 10.1. The number of benzene rings is 2. The van der Waals surface area contributed by atoms with E-state index in [-0.39, 0.29) is 17.2 Å². The Hall–Kier alpha value is -3.62. The van der Waals surface area contributed by atoms with Gasteiger partial charge in [0, 0.05) is 17.3 Å². The van der Waals surface area contributed by atoms with Crippen molar-refractivity contribution in [1.82, 2.24) is 14.4 Å². The van der Waals surface area contributed by atoms with Gasteiger partial charge < -0.3 is 10.4 Å². The fraction of sp³-hybridized carbons (Fsp3) is 0.105. The Morgan fingerprint density at radius 2 is 1.93 bits per heavy atom. The van der Waals surface area contributed by atoms with Gasteiger partial charge in [-0.15, -0.1) is 0 Å². The van der Waals surface area contributed by atoms with Crippen LogP contribution in [0.3, 0.4) is 0 Å². The Kier molecular flexibility index (Phi) is 3.95. The quantitative estimate of drug-likeness (QED) is 0.536. The average Bonchev–Trinajstić information content (AvgIpc) is 3.03. The van der Waals surface area contributed by atoms with Gasteiger partial charge in [-0.05, 0) is 43.3 Å². The molecule has 0 saturated carbocycles. The molecular weight excluding hydrogens is 373 g/mol. The van der Waals surface area contributed by atoms with Crippen molar-refractivity contribution in [2.75, 3.05) is 5.32 Å². The molecule has 4 rings (SSSR count). The first-order valence-corrected chi connectivity index (χ1v) is 8.19. The number of alkyl halides is 3. The molecule has 0 radical (unpaired) electrons. The van der Waals surface area contributed by atoms with Gasteiger partial charge in [-0.2, -0.15) is 13.2 Å². The number of carbonyl (C=O) groups is 1. The second-order valence-electron chi connectivity index (χ2n) is 6.25.